The van der Waals surface area contributed by atoms with Crippen molar-refractivity contribution < 1.29 is 31.2 Å². The van der Waals surface area contributed by atoms with Crippen molar-refractivity contribution >= 4 is 37.9 Å². The maximum Gasteiger partial charge on any atom is 0.338 e. The summed E-state index contributed by atoms with van der Waals surface area (Å²) in [5.74, 6) is -1.58. The zero-order valence-electron chi connectivity index (χ0n) is 22.4. The van der Waals surface area contributed by atoms with Crippen molar-refractivity contribution in [3.8, 4) is 0 Å². The van der Waals surface area contributed by atoms with E-state index < -0.39 is 31.9 Å². The Bertz CT molecular complexity index is 1480. The SMILES string of the molecule is COC(=O)c1cc(S(N)(=O)=O)c(C)cc1C(C)C.Cc1cc(C(C)C)c(C(=O)N=C(N)N)cc1S(N)(=O)=O. The third-order valence-electron chi connectivity index (χ3n) is 5.42. The predicted octanol–water partition coefficient (Wildman–Crippen LogP) is 1.73. The molecular weight excluding hydrogens is 534 g/mol. The van der Waals surface area contributed by atoms with Gasteiger partial charge in [0, 0.05) is 5.56 Å². The zero-order valence-corrected chi connectivity index (χ0v) is 24.0. The van der Waals surface area contributed by atoms with E-state index in [1.807, 2.05) is 27.7 Å². The number of methoxy groups -OCH3 is 1. The van der Waals surface area contributed by atoms with Crippen LogP contribution >= 0.6 is 0 Å². The molecule has 38 heavy (non-hydrogen) atoms. The topological polar surface area (TPSA) is 228 Å². The van der Waals surface area contributed by atoms with Crippen molar-refractivity contribution in [1.82, 2.24) is 0 Å². The number of aliphatic imine (C=N–C) groups is 1. The second kappa shape index (κ2) is 12.5. The lowest BCUT2D eigenvalue weighted by atomic mass is 9.95. The molecule has 0 aromatic heterocycles. The van der Waals surface area contributed by atoms with Gasteiger partial charge in [-0.1, -0.05) is 39.8 Å². The number of amides is 1. The molecule has 8 N–H and O–H groups in total. The third-order valence-corrected chi connectivity index (χ3v) is 7.52. The summed E-state index contributed by atoms with van der Waals surface area (Å²) in [7, 11) is -6.52. The van der Waals surface area contributed by atoms with Crippen LogP contribution in [0, 0.1) is 13.8 Å². The van der Waals surface area contributed by atoms with E-state index in [-0.39, 0.29) is 38.7 Å². The van der Waals surface area contributed by atoms with Gasteiger partial charge in [0.2, 0.25) is 20.0 Å². The molecule has 0 aliphatic heterocycles. The van der Waals surface area contributed by atoms with Crippen molar-refractivity contribution in [3.63, 3.8) is 0 Å². The van der Waals surface area contributed by atoms with Crippen LogP contribution in [0.3, 0.4) is 0 Å². The number of carbonyl (C=O) groups excluding carboxylic acids is 2. The van der Waals surface area contributed by atoms with E-state index in [0.717, 1.165) is 5.56 Å². The number of ether oxygens (including phenoxy) is 1. The van der Waals surface area contributed by atoms with Gasteiger partial charge < -0.3 is 16.2 Å². The summed E-state index contributed by atoms with van der Waals surface area (Å²) in [4.78, 5) is 26.9. The molecule has 0 aliphatic carbocycles. The number of aryl methyl sites for hydroxylation is 2. The quantitative estimate of drug-likeness (QED) is 0.225. The summed E-state index contributed by atoms with van der Waals surface area (Å²) in [5.41, 5.74) is 13.1. The van der Waals surface area contributed by atoms with E-state index in [0.29, 0.717) is 16.7 Å². The largest absolute Gasteiger partial charge is 0.465 e. The van der Waals surface area contributed by atoms with E-state index >= 15 is 0 Å². The molecule has 0 heterocycles. The average Bonchev–Trinajstić information content (AvgIpc) is 2.76. The van der Waals surface area contributed by atoms with Crippen LogP contribution in [0.25, 0.3) is 0 Å². The molecule has 0 saturated heterocycles. The van der Waals surface area contributed by atoms with Gasteiger partial charge in [-0.3, -0.25) is 4.79 Å². The number of nitrogens with zero attached hydrogens (tertiary/aromatic N) is 1. The zero-order chi connectivity index (χ0) is 29.7. The molecule has 210 valence electrons. The number of sulfonamides is 2. The number of benzene rings is 2. The fraction of sp³-hybridized carbons (Fsp3) is 0.375. The lowest BCUT2D eigenvalue weighted by Gasteiger charge is -2.14. The molecule has 2 aromatic rings. The molecule has 0 bridgehead atoms. The van der Waals surface area contributed by atoms with Crippen molar-refractivity contribution in [3.05, 3.63) is 57.6 Å². The highest BCUT2D eigenvalue weighted by Gasteiger charge is 2.22. The minimum atomic E-state index is -3.92. The molecule has 1 amide bonds. The van der Waals surface area contributed by atoms with Gasteiger partial charge in [0.15, 0.2) is 5.96 Å². The Morgan fingerprint density at radius 3 is 1.45 bits per heavy atom. The number of hydrogen-bond acceptors (Lipinski definition) is 7. The molecule has 0 atom stereocenters. The predicted molar refractivity (Wildman–Crippen MR) is 145 cm³/mol. The Labute approximate surface area is 223 Å². The van der Waals surface area contributed by atoms with Crippen LogP contribution < -0.4 is 21.7 Å². The first-order valence-corrected chi connectivity index (χ1v) is 14.4. The van der Waals surface area contributed by atoms with Crippen LogP contribution in [0.1, 0.15) is 82.5 Å². The number of nitrogens with two attached hydrogens (primary N) is 4. The molecule has 12 nitrogen and oxygen atoms in total. The van der Waals surface area contributed by atoms with E-state index in [9.17, 15) is 26.4 Å². The molecule has 0 aliphatic rings. The second-order valence-electron chi connectivity index (χ2n) is 9.14. The summed E-state index contributed by atoms with van der Waals surface area (Å²) in [6.45, 7) is 10.8. The third kappa shape index (κ3) is 8.34. The van der Waals surface area contributed by atoms with Crippen molar-refractivity contribution in [2.45, 2.75) is 63.2 Å². The highest BCUT2D eigenvalue weighted by molar-refractivity contribution is 7.89. The van der Waals surface area contributed by atoms with Crippen LogP contribution in [-0.4, -0.2) is 41.8 Å². The number of hydrogen-bond donors (Lipinski definition) is 4. The summed E-state index contributed by atoms with van der Waals surface area (Å²) in [6, 6.07) is 5.77. The second-order valence-corrected chi connectivity index (χ2v) is 12.2. The van der Waals surface area contributed by atoms with Crippen LogP contribution in [0.2, 0.25) is 0 Å². The first-order chi connectivity index (χ1) is 17.2. The van der Waals surface area contributed by atoms with Crippen LogP contribution in [0.4, 0.5) is 0 Å². The Balaban J connectivity index is 0.000000382. The van der Waals surface area contributed by atoms with Crippen LogP contribution in [0.15, 0.2) is 39.0 Å². The Kier molecular flexibility index (Phi) is 10.7. The average molecular weight is 570 g/mol. The maximum atomic E-state index is 12.0. The van der Waals surface area contributed by atoms with Crippen molar-refractivity contribution in [2.24, 2.45) is 26.7 Å². The standard InChI is InChI=1S/C12H18N4O3S.C12H17NO4S/c1-6(2)8-4-7(3)10(20(15,18)19)5-9(8)11(17)16-12(13)14;1-7(2)9-5-8(3)11(18(13,15)16)6-10(9)12(14)17-4/h4-6H,1-3H3,(H2,15,18,19)(H4,13,14,16,17);5-7H,1-4H3,(H2,13,15,16). The van der Waals surface area contributed by atoms with Gasteiger partial charge in [-0.05, 0) is 60.1 Å². The number of primary sulfonamides is 2. The van der Waals surface area contributed by atoms with Crippen molar-refractivity contribution in [1.29, 1.82) is 0 Å². The Morgan fingerprint density at radius 2 is 1.13 bits per heavy atom. The molecule has 0 radical (unpaired) electrons. The minimum Gasteiger partial charge on any atom is -0.465 e. The van der Waals surface area contributed by atoms with E-state index in [4.69, 9.17) is 21.7 Å². The van der Waals surface area contributed by atoms with E-state index in [2.05, 4.69) is 9.73 Å². The van der Waals surface area contributed by atoms with Crippen LogP contribution in [-0.2, 0) is 24.8 Å². The molecule has 2 aromatic carbocycles. The Hall–Kier alpha value is -3.33. The number of rotatable bonds is 6. The highest BCUT2D eigenvalue weighted by atomic mass is 32.2. The number of guanidine groups is 1. The van der Waals surface area contributed by atoms with Gasteiger partial charge in [0.25, 0.3) is 5.91 Å². The summed E-state index contributed by atoms with van der Waals surface area (Å²) in [5, 5.41) is 10.2. The van der Waals surface area contributed by atoms with Gasteiger partial charge in [-0.2, -0.15) is 4.99 Å². The summed E-state index contributed by atoms with van der Waals surface area (Å²) in [6.07, 6.45) is 0. The lowest BCUT2D eigenvalue weighted by molar-refractivity contribution is 0.0598. The van der Waals surface area contributed by atoms with Crippen LogP contribution in [0.5, 0.6) is 0 Å². The van der Waals surface area contributed by atoms with Gasteiger partial charge in [0.05, 0.1) is 22.5 Å². The maximum absolute atomic E-state index is 12.0. The normalized spacial score (nSPS) is 11.6. The number of carbonyl (C=O) groups is 2. The summed E-state index contributed by atoms with van der Waals surface area (Å²) < 4.78 is 50.5. The molecule has 2 rings (SSSR count). The Morgan fingerprint density at radius 1 is 0.763 bits per heavy atom. The van der Waals surface area contributed by atoms with Gasteiger partial charge in [0.1, 0.15) is 0 Å². The molecule has 0 unspecified atom stereocenters. The fourth-order valence-corrected chi connectivity index (χ4v) is 5.22. The van der Waals surface area contributed by atoms with Gasteiger partial charge in [-0.25, -0.2) is 31.9 Å². The number of esters is 1. The molecule has 0 spiro atoms. The molecule has 14 heteroatoms. The van der Waals surface area contributed by atoms with Gasteiger partial charge in [-0.15, -0.1) is 0 Å². The van der Waals surface area contributed by atoms with Gasteiger partial charge >= 0.3 is 5.97 Å². The molecule has 0 fully saturated rings. The molecular formula is C24H35N5O7S2. The lowest BCUT2D eigenvalue weighted by Crippen LogP contribution is -2.24. The van der Waals surface area contributed by atoms with Crippen molar-refractivity contribution in [2.75, 3.05) is 7.11 Å². The summed E-state index contributed by atoms with van der Waals surface area (Å²) >= 11 is 0. The fourth-order valence-electron chi connectivity index (χ4n) is 3.64. The van der Waals surface area contributed by atoms with E-state index in [1.165, 1.54) is 19.2 Å². The molecule has 0 saturated carbocycles. The highest BCUT2D eigenvalue weighted by Crippen LogP contribution is 2.27. The first-order valence-electron chi connectivity index (χ1n) is 11.3. The van der Waals surface area contributed by atoms with E-state index in [1.54, 1.807) is 26.0 Å². The first kappa shape index (κ1) is 32.7. The smallest absolute Gasteiger partial charge is 0.338 e. The minimum absolute atomic E-state index is 0.00335. The monoisotopic (exact) mass is 569 g/mol.